The largest absolute Gasteiger partial charge is 0.477 e. The molecule has 0 atom stereocenters. The van der Waals surface area contributed by atoms with Crippen LogP contribution in [0.15, 0.2) is 6.07 Å². The summed E-state index contributed by atoms with van der Waals surface area (Å²) in [6, 6.07) is 2.34. The van der Waals surface area contributed by atoms with Gasteiger partial charge >= 0.3 is 5.97 Å². The summed E-state index contributed by atoms with van der Waals surface area (Å²) in [4.78, 5) is 14.0. The highest BCUT2D eigenvalue weighted by molar-refractivity contribution is 14.1. The first kappa shape index (κ1) is 11.8. The molecule has 0 aliphatic carbocycles. The Kier molecular flexibility index (Phi) is 3.52. The lowest BCUT2D eigenvalue weighted by atomic mass is 10.2. The van der Waals surface area contributed by atoms with E-state index in [1.165, 1.54) is 22.6 Å². The minimum absolute atomic E-state index is 0.0184. The van der Waals surface area contributed by atoms with Crippen molar-refractivity contribution in [2.24, 2.45) is 0 Å². The molecule has 0 aliphatic heterocycles. The normalized spacial score (nSPS) is 10.1. The van der Waals surface area contributed by atoms with Crippen molar-refractivity contribution in [3.63, 3.8) is 0 Å². The van der Waals surface area contributed by atoms with E-state index in [1.54, 1.807) is 6.07 Å². The van der Waals surface area contributed by atoms with Gasteiger partial charge in [-0.15, -0.1) is 0 Å². The SMILES string of the molecule is N#Cc1nc(C(=O)O)cc(C(F)F)c1I. The number of alkyl halides is 2. The van der Waals surface area contributed by atoms with Crippen LogP contribution in [0.4, 0.5) is 8.78 Å². The molecular formula is C8H3F2IN2O2. The molecule has 1 aromatic rings. The van der Waals surface area contributed by atoms with E-state index in [2.05, 4.69) is 4.98 Å². The van der Waals surface area contributed by atoms with Crippen molar-refractivity contribution in [3.05, 3.63) is 26.6 Å². The van der Waals surface area contributed by atoms with Gasteiger partial charge in [0.05, 0.1) is 3.57 Å². The Labute approximate surface area is 96.7 Å². The smallest absolute Gasteiger partial charge is 0.354 e. The van der Waals surface area contributed by atoms with Crippen molar-refractivity contribution in [1.82, 2.24) is 4.98 Å². The van der Waals surface area contributed by atoms with Crippen LogP contribution in [0.1, 0.15) is 28.2 Å². The second-order valence-corrected chi connectivity index (χ2v) is 3.56. The monoisotopic (exact) mass is 324 g/mol. The van der Waals surface area contributed by atoms with Crippen LogP contribution in [0.25, 0.3) is 0 Å². The zero-order valence-corrected chi connectivity index (χ0v) is 9.20. The standard InChI is InChI=1S/C8H3F2IN2O2/c9-7(10)3-1-4(8(14)15)13-5(2-12)6(3)11/h1,7H,(H,14,15). The fourth-order valence-corrected chi connectivity index (χ4v) is 1.52. The van der Waals surface area contributed by atoms with Gasteiger partial charge in [-0.2, -0.15) is 5.26 Å². The molecule has 0 aliphatic rings. The van der Waals surface area contributed by atoms with Crippen LogP contribution >= 0.6 is 22.6 Å². The van der Waals surface area contributed by atoms with E-state index in [1.807, 2.05) is 0 Å². The van der Waals surface area contributed by atoms with Gasteiger partial charge in [0.1, 0.15) is 11.8 Å². The lowest BCUT2D eigenvalue weighted by molar-refractivity contribution is 0.0689. The number of carbonyl (C=O) groups is 1. The fraction of sp³-hybridized carbons (Fsp3) is 0.125. The van der Waals surface area contributed by atoms with Crippen molar-refractivity contribution in [2.75, 3.05) is 0 Å². The molecule has 1 aromatic heterocycles. The maximum Gasteiger partial charge on any atom is 0.354 e. The van der Waals surface area contributed by atoms with Gasteiger partial charge in [-0.05, 0) is 28.7 Å². The predicted molar refractivity (Wildman–Crippen MR) is 53.6 cm³/mol. The Hall–Kier alpha value is -1.30. The summed E-state index contributed by atoms with van der Waals surface area (Å²) in [6.45, 7) is 0. The molecule has 1 heterocycles. The summed E-state index contributed by atoms with van der Waals surface area (Å²) in [7, 11) is 0. The first-order chi connectivity index (χ1) is 6.97. The van der Waals surface area contributed by atoms with E-state index in [4.69, 9.17) is 10.4 Å². The van der Waals surface area contributed by atoms with Gasteiger partial charge in [0.2, 0.25) is 0 Å². The quantitative estimate of drug-likeness (QED) is 0.847. The molecule has 0 saturated heterocycles. The molecule has 15 heavy (non-hydrogen) atoms. The van der Waals surface area contributed by atoms with E-state index in [-0.39, 0.29) is 9.26 Å². The maximum atomic E-state index is 12.5. The topological polar surface area (TPSA) is 74.0 Å². The van der Waals surface area contributed by atoms with Gasteiger partial charge in [0, 0.05) is 5.56 Å². The number of nitriles is 1. The minimum atomic E-state index is -2.83. The molecule has 0 unspecified atom stereocenters. The van der Waals surface area contributed by atoms with Crippen molar-refractivity contribution >= 4 is 28.6 Å². The number of pyridine rings is 1. The van der Waals surface area contributed by atoms with E-state index < -0.39 is 23.7 Å². The number of hydrogen-bond acceptors (Lipinski definition) is 3. The van der Waals surface area contributed by atoms with E-state index >= 15 is 0 Å². The van der Waals surface area contributed by atoms with E-state index in [9.17, 15) is 13.6 Å². The molecule has 0 radical (unpaired) electrons. The Balaban J connectivity index is 3.47. The Bertz CT molecular complexity index is 457. The maximum absolute atomic E-state index is 12.5. The molecule has 0 saturated carbocycles. The molecule has 78 valence electrons. The van der Waals surface area contributed by atoms with E-state index in [0.717, 1.165) is 6.07 Å². The second-order valence-electron chi connectivity index (χ2n) is 2.48. The molecule has 0 bridgehead atoms. The average Bonchev–Trinajstić information content (AvgIpc) is 2.17. The number of halogens is 3. The Morgan fingerprint density at radius 3 is 2.67 bits per heavy atom. The third-order valence-electron chi connectivity index (χ3n) is 1.55. The number of carboxylic acids is 1. The van der Waals surface area contributed by atoms with E-state index in [0.29, 0.717) is 0 Å². The first-order valence-electron chi connectivity index (χ1n) is 3.59. The average molecular weight is 324 g/mol. The van der Waals surface area contributed by atoms with Gasteiger partial charge in [0.25, 0.3) is 6.43 Å². The van der Waals surface area contributed by atoms with Gasteiger partial charge in [-0.25, -0.2) is 18.6 Å². The summed E-state index contributed by atoms with van der Waals surface area (Å²) in [5, 5.41) is 17.2. The van der Waals surface area contributed by atoms with Crippen molar-refractivity contribution in [3.8, 4) is 6.07 Å². The lowest BCUT2D eigenvalue weighted by Gasteiger charge is -2.05. The summed E-state index contributed by atoms with van der Waals surface area (Å²) >= 11 is 1.54. The molecule has 1 rings (SSSR count). The molecule has 0 fully saturated rings. The van der Waals surface area contributed by atoms with Crippen molar-refractivity contribution < 1.29 is 18.7 Å². The van der Waals surface area contributed by atoms with Gasteiger partial charge in [-0.1, -0.05) is 0 Å². The molecule has 0 spiro atoms. The van der Waals surface area contributed by atoms with Gasteiger partial charge in [0.15, 0.2) is 5.69 Å². The molecule has 1 N–H and O–H groups in total. The number of aromatic carboxylic acids is 1. The van der Waals surface area contributed by atoms with Crippen LogP contribution in [0, 0.1) is 14.9 Å². The number of rotatable bonds is 2. The number of carboxylic acid groups (broad SMARTS) is 1. The minimum Gasteiger partial charge on any atom is -0.477 e. The fourth-order valence-electron chi connectivity index (χ4n) is 0.892. The summed E-state index contributed by atoms with van der Waals surface area (Å²) in [5.74, 6) is -1.44. The zero-order chi connectivity index (χ0) is 11.6. The summed E-state index contributed by atoms with van der Waals surface area (Å²) in [6.07, 6.45) is -2.83. The predicted octanol–water partition coefficient (Wildman–Crippen LogP) is 2.19. The van der Waals surface area contributed by atoms with Crippen LogP contribution in [-0.4, -0.2) is 16.1 Å². The molecular weight excluding hydrogens is 321 g/mol. The highest BCUT2D eigenvalue weighted by Crippen LogP contribution is 2.26. The molecule has 0 amide bonds. The Morgan fingerprint density at radius 1 is 1.67 bits per heavy atom. The highest BCUT2D eigenvalue weighted by atomic mass is 127. The van der Waals surface area contributed by atoms with Crippen LogP contribution in [-0.2, 0) is 0 Å². The lowest BCUT2D eigenvalue weighted by Crippen LogP contribution is -2.06. The summed E-state index contributed by atoms with van der Waals surface area (Å²) in [5.41, 5.74) is -1.34. The van der Waals surface area contributed by atoms with Gasteiger partial charge in [-0.3, -0.25) is 0 Å². The first-order valence-corrected chi connectivity index (χ1v) is 4.67. The van der Waals surface area contributed by atoms with Crippen LogP contribution in [0.5, 0.6) is 0 Å². The number of aromatic nitrogens is 1. The summed E-state index contributed by atoms with van der Waals surface area (Å²) < 4.78 is 24.9. The Morgan fingerprint density at radius 2 is 2.27 bits per heavy atom. The third-order valence-corrected chi connectivity index (χ3v) is 2.68. The number of nitrogens with zero attached hydrogens (tertiary/aromatic N) is 2. The van der Waals surface area contributed by atoms with Crippen LogP contribution < -0.4 is 0 Å². The highest BCUT2D eigenvalue weighted by Gasteiger charge is 2.19. The van der Waals surface area contributed by atoms with Gasteiger partial charge < -0.3 is 5.11 Å². The second kappa shape index (κ2) is 4.48. The van der Waals surface area contributed by atoms with Crippen molar-refractivity contribution in [2.45, 2.75) is 6.43 Å². The van der Waals surface area contributed by atoms with Crippen LogP contribution in [0.2, 0.25) is 0 Å². The van der Waals surface area contributed by atoms with Crippen LogP contribution in [0.3, 0.4) is 0 Å². The van der Waals surface area contributed by atoms with Crippen molar-refractivity contribution in [1.29, 1.82) is 5.26 Å². The third kappa shape index (κ3) is 2.38. The molecule has 7 heteroatoms. The zero-order valence-electron chi connectivity index (χ0n) is 7.04. The molecule has 0 aromatic carbocycles. The molecule has 4 nitrogen and oxygen atoms in total. The number of hydrogen-bond donors (Lipinski definition) is 1.